The number of terminal acetylenes is 1. The molecule has 1 rings (SSSR count). The van der Waals surface area contributed by atoms with Gasteiger partial charge in [-0.2, -0.15) is 0 Å². The molecule has 74 valence electrons. The van der Waals surface area contributed by atoms with Crippen LogP contribution in [0, 0.1) is 18.3 Å². The monoisotopic (exact) mass is 214 g/mol. The van der Waals surface area contributed by atoms with Crippen molar-refractivity contribution in [3.63, 3.8) is 0 Å². The largest absolute Gasteiger partial charge is 0.281 e. The lowest BCUT2D eigenvalue weighted by molar-refractivity contribution is -0.134. The first-order chi connectivity index (χ1) is 6.74. The Kier molecular flexibility index (Phi) is 6.01. The lowest BCUT2D eigenvalue weighted by Crippen LogP contribution is -1.90. The molecule has 4 heteroatoms. The number of hydrogen-bond acceptors (Lipinski definition) is 2. The number of rotatable bonds is 2. The van der Waals surface area contributed by atoms with Crippen molar-refractivity contribution in [1.29, 1.82) is 0 Å². The van der Waals surface area contributed by atoms with E-state index in [4.69, 9.17) is 18.0 Å². The second-order valence-electron chi connectivity index (χ2n) is 1.86. The Morgan fingerprint density at radius 1 is 1.43 bits per heavy atom. The lowest BCUT2D eigenvalue weighted by Gasteiger charge is -1.99. The minimum Gasteiger partial charge on any atom is -0.281 e. The van der Waals surface area contributed by atoms with Gasteiger partial charge in [0.1, 0.15) is 5.82 Å². The molecule has 0 amide bonds. The summed E-state index contributed by atoms with van der Waals surface area (Å²) in [4.78, 5) is 8.59. The van der Waals surface area contributed by atoms with Gasteiger partial charge in [-0.15, -0.1) is 13.2 Å². The third-order valence-electron chi connectivity index (χ3n) is 1.08. The van der Waals surface area contributed by atoms with Crippen LogP contribution in [0.25, 0.3) is 0 Å². The van der Waals surface area contributed by atoms with Gasteiger partial charge in [0.25, 0.3) is 0 Å². The van der Waals surface area contributed by atoms with Crippen molar-refractivity contribution in [3.05, 3.63) is 42.2 Å². The highest BCUT2D eigenvalue weighted by atomic mass is 35.5. The molecule has 0 fully saturated rings. The van der Waals surface area contributed by atoms with Crippen LogP contribution >= 0.6 is 11.6 Å². The molecule has 0 saturated heterocycles. The molecule has 2 nitrogen and oxygen atoms in total. The zero-order chi connectivity index (χ0) is 11.0. The molecule has 1 aromatic carbocycles. The van der Waals surface area contributed by atoms with Crippen LogP contribution in [0.4, 0.5) is 4.39 Å². The molecular weight excluding hydrogens is 207 g/mol. The van der Waals surface area contributed by atoms with E-state index in [9.17, 15) is 4.39 Å². The third kappa shape index (κ3) is 3.83. The van der Waals surface area contributed by atoms with Gasteiger partial charge in [-0.3, -0.25) is 4.89 Å². The van der Waals surface area contributed by atoms with E-state index in [1.54, 1.807) is 6.11 Å². The molecule has 0 aliphatic heterocycles. The molecular formula is C10H8ClFO2. The van der Waals surface area contributed by atoms with Crippen LogP contribution in [0.15, 0.2) is 31.4 Å². The van der Waals surface area contributed by atoms with Gasteiger partial charge >= 0.3 is 0 Å². The summed E-state index contributed by atoms with van der Waals surface area (Å²) >= 11 is 5.40. The molecule has 0 aliphatic rings. The molecule has 14 heavy (non-hydrogen) atoms. The van der Waals surface area contributed by atoms with Crippen molar-refractivity contribution in [2.45, 2.75) is 0 Å². The summed E-state index contributed by atoms with van der Waals surface area (Å²) in [6.45, 7) is 6.00. The zero-order valence-corrected chi connectivity index (χ0v) is 8.05. The van der Waals surface area contributed by atoms with Crippen molar-refractivity contribution >= 4 is 11.6 Å². The second-order valence-corrected chi connectivity index (χ2v) is 2.27. The summed E-state index contributed by atoms with van der Waals surface area (Å²) in [5, 5.41) is 0.0167. The van der Waals surface area contributed by atoms with E-state index in [1.807, 2.05) is 0 Å². The van der Waals surface area contributed by atoms with Crippen LogP contribution in [0.2, 0.25) is 5.02 Å². The topological polar surface area (TPSA) is 18.5 Å². The Labute approximate surface area is 86.8 Å². The van der Waals surface area contributed by atoms with Crippen LogP contribution in [-0.2, 0) is 4.89 Å². The van der Waals surface area contributed by atoms with Crippen molar-refractivity contribution in [3.8, 4) is 18.3 Å². The van der Waals surface area contributed by atoms with Gasteiger partial charge in [-0.1, -0.05) is 18.0 Å². The Hall–Kier alpha value is -1.66. The fraction of sp³-hybridized carbons (Fsp3) is 0. The molecule has 0 heterocycles. The highest BCUT2D eigenvalue weighted by Gasteiger charge is 2.01. The first-order valence-electron chi connectivity index (χ1n) is 3.48. The molecule has 0 aliphatic carbocycles. The van der Waals surface area contributed by atoms with Gasteiger partial charge in [0.15, 0.2) is 11.9 Å². The van der Waals surface area contributed by atoms with Crippen molar-refractivity contribution in [2.75, 3.05) is 0 Å². The third-order valence-corrected chi connectivity index (χ3v) is 1.38. The van der Waals surface area contributed by atoms with E-state index >= 15 is 0 Å². The van der Waals surface area contributed by atoms with E-state index in [1.165, 1.54) is 12.1 Å². The average molecular weight is 215 g/mol. The maximum Gasteiger partial charge on any atom is 0.182 e. The highest BCUT2D eigenvalue weighted by Crippen LogP contribution is 2.20. The number of halogens is 2. The molecule has 0 bridgehead atoms. The molecule has 0 atom stereocenters. The molecule has 0 unspecified atom stereocenters. The summed E-state index contributed by atoms with van der Waals surface area (Å²) in [5.41, 5.74) is 0. The Morgan fingerprint density at radius 3 is 2.57 bits per heavy atom. The average Bonchev–Trinajstić information content (AvgIpc) is 2.23. The standard InChI is InChI=1S/C8H4ClFO2.C2H4/c1-2-11-12-6-3-4-7(9)8(10)5-6;1-2/h1,3-5H;1-2H2. The molecule has 0 saturated carbocycles. The smallest absolute Gasteiger partial charge is 0.182 e. The van der Waals surface area contributed by atoms with Gasteiger partial charge in [-0.05, 0) is 12.1 Å². The minimum absolute atomic E-state index is 0.0167. The molecule has 0 radical (unpaired) electrons. The van der Waals surface area contributed by atoms with Crippen LogP contribution in [0.1, 0.15) is 0 Å². The van der Waals surface area contributed by atoms with E-state index < -0.39 is 5.82 Å². The van der Waals surface area contributed by atoms with Gasteiger partial charge in [0.2, 0.25) is 0 Å². The maximum atomic E-state index is 12.7. The van der Waals surface area contributed by atoms with Crippen LogP contribution < -0.4 is 4.89 Å². The molecule has 1 aromatic rings. The van der Waals surface area contributed by atoms with Crippen LogP contribution in [-0.4, -0.2) is 0 Å². The number of hydrogen-bond donors (Lipinski definition) is 0. The van der Waals surface area contributed by atoms with E-state index in [2.05, 4.69) is 22.9 Å². The number of benzene rings is 1. The fourth-order valence-corrected chi connectivity index (χ4v) is 0.718. The second kappa shape index (κ2) is 6.81. The minimum atomic E-state index is -0.588. The Balaban J connectivity index is 0.000000791. The predicted molar refractivity (Wildman–Crippen MR) is 53.2 cm³/mol. The van der Waals surface area contributed by atoms with E-state index in [0.717, 1.165) is 6.07 Å². The van der Waals surface area contributed by atoms with Gasteiger partial charge in [0.05, 0.1) is 5.02 Å². The van der Waals surface area contributed by atoms with Crippen molar-refractivity contribution < 1.29 is 14.2 Å². The predicted octanol–water partition coefficient (Wildman–Crippen LogP) is 3.18. The first-order valence-corrected chi connectivity index (χ1v) is 3.86. The normalized spacial score (nSPS) is 7.79. The van der Waals surface area contributed by atoms with Crippen LogP contribution in [0.3, 0.4) is 0 Å². The fourth-order valence-electron chi connectivity index (χ4n) is 0.601. The molecule has 0 aromatic heterocycles. The maximum absolute atomic E-state index is 12.7. The van der Waals surface area contributed by atoms with Gasteiger partial charge in [0, 0.05) is 6.07 Å². The molecule has 0 spiro atoms. The quantitative estimate of drug-likeness (QED) is 0.326. The summed E-state index contributed by atoms with van der Waals surface area (Å²) in [7, 11) is 0. The van der Waals surface area contributed by atoms with Crippen molar-refractivity contribution in [1.82, 2.24) is 0 Å². The van der Waals surface area contributed by atoms with Crippen LogP contribution in [0.5, 0.6) is 5.75 Å². The van der Waals surface area contributed by atoms with E-state index in [-0.39, 0.29) is 10.8 Å². The summed E-state index contributed by atoms with van der Waals surface area (Å²) in [6, 6.07) is 3.84. The summed E-state index contributed by atoms with van der Waals surface area (Å²) in [6.07, 6.45) is 6.50. The van der Waals surface area contributed by atoms with Crippen molar-refractivity contribution in [2.24, 2.45) is 0 Å². The van der Waals surface area contributed by atoms with E-state index in [0.29, 0.717) is 0 Å². The van der Waals surface area contributed by atoms with Gasteiger partial charge < -0.3 is 0 Å². The zero-order valence-electron chi connectivity index (χ0n) is 7.30. The Morgan fingerprint density at radius 2 is 2.07 bits per heavy atom. The summed E-state index contributed by atoms with van der Waals surface area (Å²) in [5.74, 6) is -0.426. The Bertz CT molecular complexity index is 333. The highest BCUT2D eigenvalue weighted by molar-refractivity contribution is 6.30. The molecule has 0 N–H and O–H groups in total. The van der Waals surface area contributed by atoms with Gasteiger partial charge in [-0.25, -0.2) is 9.28 Å². The summed E-state index contributed by atoms with van der Waals surface area (Å²) < 4.78 is 12.7. The SMILES string of the molecule is C#COOc1ccc(Cl)c(F)c1.C=C. The first kappa shape index (κ1) is 12.3. The lowest BCUT2D eigenvalue weighted by atomic mass is 10.3.